The minimum absolute atomic E-state index is 0.00522. The van der Waals surface area contributed by atoms with Crippen molar-refractivity contribution in [3.05, 3.63) is 48.0 Å². The van der Waals surface area contributed by atoms with Crippen molar-refractivity contribution in [3.63, 3.8) is 0 Å². The molecule has 1 atom stereocenters. The molecule has 5 nitrogen and oxygen atoms in total. The molecule has 1 fully saturated rings. The molecule has 2 aromatic carbocycles. The van der Waals surface area contributed by atoms with Crippen molar-refractivity contribution in [2.45, 2.75) is 12.7 Å². The summed E-state index contributed by atoms with van der Waals surface area (Å²) in [5.41, 5.74) is 2.02. The van der Waals surface area contributed by atoms with Gasteiger partial charge in [-0.15, -0.1) is 8.78 Å². The predicted octanol–water partition coefficient (Wildman–Crippen LogP) is 3.44. The smallest absolute Gasteiger partial charge is 0.395 e. The van der Waals surface area contributed by atoms with Gasteiger partial charge in [0.25, 0.3) is 5.91 Å². The Labute approximate surface area is 148 Å². The molecule has 2 aliphatic heterocycles. The molecular formula is C19H17F2NO4. The molecule has 0 aliphatic carbocycles. The van der Waals surface area contributed by atoms with Gasteiger partial charge in [0.05, 0.1) is 6.61 Å². The van der Waals surface area contributed by atoms with Crippen LogP contribution in [0.1, 0.15) is 16.8 Å². The molecule has 0 unspecified atom stereocenters. The van der Waals surface area contributed by atoms with Gasteiger partial charge in [0, 0.05) is 24.6 Å². The number of hydrogen-bond donors (Lipinski definition) is 1. The molecule has 1 saturated heterocycles. The van der Waals surface area contributed by atoms with Gasteiger partial charge in [-0.05, 0) is 41.8 Å². The zero-order chi connectivity index (χ0) is 18.1. The van der Waals surface area contributed by atoms with E-state index in [4.69, 9.17) is 4.74 Å². The lowest BCUT2D eigenvalue weighted by Gasteiger charge is -2.10. The molecule has 1 amide bonds. The fraction of sp³-hybridized carbons (Fsp3) is 0.316. The van der Waals surface area contributed by atoms with E-state index in [2.05, 4.69) is 14.8 Å². The molecule has 0 spiro atoms. The van der Waals surface area contributed by atoms with Gasteiger partial charge in [-0.25, -0.2) is 0 Å². The number of alkyl halides is 2. The maximum absolute atomic E-state index is 13.1. The monoisotopic (exact) mass is 361 g/mol. The van der Waals surface area contributed by atoms with Crippen LogP contribution in [-0.4, -0.2) is 32.0 Å². The molecule has 136 valence electrons. The lowest BCUT2D eigenvalue weighted by atomic mass is 10.0. The van der Waals surface area contributed by atoms with Gasteiger partial charge in [-0.1, -0.05) is 18.2 Å². The van der Waals surface area contributed by atoms with E-state index in [-0.39, 0.29) is 17.4 Å². The van der Waals surface area contributed by atoms with Gasteiger partial charge in [0.1, 0.15) is 0 Å². The highest BCUT2D eigenvalue weighted by molar-refractivity contribution is 5.94. The van der Waals surface area contributed by atoms with Crippen molar-refractivity contribution in [1.82, 2.24) is 5.32 Å². The third kappa shape index (κ3) is 3.48. The van der Waals surface area contributed by atoms with Crippen LogP contribution >= 0.6 is 0 Å². The predicted molar refractivity (Wildman–Crippen MR) is 89.3 cm³/mol. The summed E-state index contributed by atoms with van der Waals surface area (Å²) in [6, 6.07) is 11.5. The van der Waals surface area contributed by atoms with Crippen LogP contribution < -0.4 is 14.8 Å². The average molecular weight is 361 g/mol. The largest absolute Gasteiger partial charge is 0.586 e. The molecule has 26 heavy (non-hydrogen) atoms. The van der Waals surface area contributed by atoms with Gasteiger partial charge in [-0.3, -0.25) is 4.79 Å². The van der Waals surface area contributed by atoms with E-state index < -0.39 is 6.29 Å². The third-order valence-corrected chi connectivity index (χ3v) is 4.46. The van der Waals surface area contributed by atoms with E-state index in [1.165, 1.54) is 12.1 Å². The number of halogens is 2. The van der Waals surface area contributed by atoms with Crippen molar-refractivity contribution < 1.29 is 27.8 Å². The van der Waals surface area contributed by atoms with Gasteiger partial charge >= 0.3 is 6.29 Å². The molecular weight excluding hydrogens is 344 g/mol. The van der Waals surface area contributed by atoms with Gasteiger partial charge in [0.2, 0.25) is 0 Å². The number of hydrogen-bond acceptors (Lipinski definition) is 4. The summed E-state index contributed by atoms with van der Waals surface area (Å²) in [6.45, 7) is 2.02. The fourth-order valence-electron chi connectivity index (χ4n) is 3.03. The van der Waals surface area contributed by atoms with Crippen molar-refractivity contribution in [3.8, 4) is 22.6 Å². The van der Waals surface area contributed by atoms with Crippen LogP contribution in [0.15, 0.2) is 42.5 Å². The second-order valence-corrected chi connectivity index (χ2v) is 6.35. The van der Waals surface area contributed by atoms with Crippen LogP contribution in [0, 0.1) is 5.92 Å². The van der Waals surface area contributed by atoms with E-state index in [9.17, 15) is 13.6 Å². The van der Waals surface area contributed by atoms with Crippen molar-refractivity contribution in [1.29, 1.82) is 0 Å². The SMILES string of the molecule is O=C(NC[C@@H]1CCOC1)c1ccc(-c2ccc3c(c2)OC(F)(F)O3)cc1. The Bertz CT molecular complexity index is 817. The average Bonchev–Trinajstić information content (AvgIpc) is 3.24. The molecule has 0 aromatic heterocycles. The maximum Gasteiger partial charge on any atom is 0.586 e. The highest BCUT2D eigenvalue weighted by Crippen LogP contribution is 2.42. The first kappa shape index (κ1) is 16.8. The molecule has 2 aromatic rings. The third-order valence-electron chi connectivity index (χ3n) is 4.46. The van der Waals surface area contributed by atoms with Crippen LogP contribution in [0.2, 0.25) is 0 Å². The van der Waals surface area contributed by atoms with E-state index in [0.717, 1.165) is 18.6 Å². The molecule has 0 saturated carbocycles. The number of carbonyl (C=O) groups is 1. The molecule has 0 bridgehead atoms. The zero-order valence-electron chi connectivity index (χ0n) is 13.8. The maximum atomic E-state index is 13.1. The van der Waals surface area contributed by atoms with E-state index in [1.807, 2.05) is 0 Å². The summed E-state index contributed by atoms with van der Waals surface area (Å²) < 4.78 is 40.3. The molecule has 7 heteroatoms. The quantitative estimate of drug-likeness (QED) is 0.906. The number of nitrogens with one attached hydrogen (secondary N) is 1. The van der Waals surface area contributed by atoms with E-state index in [1.54, 1.807) is 30.3 Å². The zero-order valence-corrected chi connectivity index (χ0v) is 13.8. The van der Waals surface area contributed by atoms with Crippen LogP contribution in [0.5, 0.6) is 11.5 Å². The number of benzene rings is 2. The molecule has 0 radical (unpaired) electrons. The lowest BCUT2D eigenvalue weighted by molar-refractivity contribution is -0.286. The highest BCUT2D eigenvalue weighted by atomic mass is 19.3. The number of carbonyl (C=O) groups excluding carboxylic acids is 1. The Morgan fingerprint density at radius 2 is 1.81 bits per heavy atom. The molecule has 2 aliphatic rings. The summed E-state index contributed by atoms with van der Waals surface area (Å²) in [5, 5.41) is 2.90. The Hall–Kier alpha value is -2.67. The lowest BCUT2D eigenvalue weighted by Crippen LogP contribution is -2.29. The summed E-state index contributed by atoms with van der Waals surface area (Å²) in [5.74, 6) is 0.220. The molecule has 1 N–H and O–H groups in total. The van der Waals surface area contributed by atoms with Crippen LogP contribution in [0.25, 0.3) is 11.1 Å². The minimum Gasteiger partial charge on any atom is -0.395 e. The van der Waals surface area contributed by atoms with Gasteiger partial charge < -0.3 is 19.5 Å². The standard InChI is InChI=1S/C19H17F2NO4/c20-19(21)25-16-6-5-15(9-17(16)26-19)13-1-3-14(4-2-13)18(23)22-10-12-7-8-24-11-12/h1-6,9,12H,7-8,10-11H2,(H,22,23)/t12-/m0/s1. The number of fused-ring (bicyclic) bond motifs is 1. The molecule has 4 rings (SSSR count). The van der Waals surface area contributed by atoms with Gasteiger partial charge in [0.15, 0.2) is 11.5 Å². The number of ether oxygens (including phenoxy) is 3. The van der Waals surface area contributed by atoms with Crippen LogP contribution in [0.3, 0.4) is 0 Å². The normalized spacial score (nSPS) is 20.2. The number of amides is 1. The van der Waals surface area contributed by atoms with Crippen molar-refractivity contribution >= 4 is 5.91 Å². The second kappa shape index (κ2) is 6.57. The summed E-state index contributed by atoms with van der Waals surface area (Å²) in [4.78, 5) is 12.2. The van der Waals surface area contributed by atoms with E-state index >= 15 is 0 Å². The Kier molecular flexibility index (Phi) is 4.24. The molecule has 2 heterocycles. The van der Waals surface area contributed by atoms with Crippen molar-refractivity contribution in [2.75, 3.05) is 19.8 Å². The number of rotatable bonds is 4. The summed E-state index contributed by atoms with van der Waals surface area (Å²) in [7, 11) is 0. The van der Waals surface area contributed by atoms with Crippen molar-refractivity contribution in [2.24, 2.45) is 5.92 Å². The first-order chi connectivity index (χ1) is 12.5. The minimum atomic E-state index is -3.63. The Morgan fingerprint density at radius 3 is 2.54 bits per heavy atom. The Balaban J connectivity index is 1.44. The first-order valence-electron chi connectivity index (χ1n) is 8.36. The first-order valence-corrected chi connectivity index (χ1v) is 8.36. The van der Waals surface area contributed by atoms with Crippen LogP contribution in [0.4, 0.5) is 8.78 Å². The summed E-state index contributed by atoms with van der Waals surface area (Å²) >= 11 is 0. The summed E-state index contributed by atoms with van der Waals surface area (Å²) in [6.07, 6.45) is -2.67. The topological polar surface area (TPSA) is 56.8 Å². The van der Waals surface area contributed by atoms with Gasteiger partial charge in [-0.2, -0.15) is 0 Å². The Morgan fingerprint density at radius 1 is 1.08 bits per heavy atom. The highest BCUT2D eigenvalue weighted by Gasteiger charge is 2.43. The second-order valence-electron chi connectivity index (χ2n) is 6.35. The fourth-order valence-corrected chi connectivity index (χ4v) is 3.03. The van der Waals surface area contributed by atoms with E-state index in [0.29, 0.717) is 30.2 Å². The van der Waals surface area contributed by atoms with Crippen LogP contribution in [-0.2, 0) is 4.74 Å².